The number of para-hydroxylation sites is 2. The molecule has 5 aromatic rings. The van der Waals surface area contributed by atoms with Gasteiger partial charge in [-0.2, -0.15) is 0 Å². The third-order valence-corrected chi connectivity index (χ3v) is 5.62. The molecule has 3 aromatic carbocycles. The molecule has 0 atom stereocenters. The van der Waals surface area contributed by atoms with E-state index in [0.717, 1.165) is 10.9 Å². The molecule has 0 saturated carbocycles. The number of rotatable bonds is 5. The van der Waals surface area contributed by atoms with Gasteiger partial charge in [-0.15, -0.1) is 10.2 Å². The van der Waals surface area contributed by atoms with E-state index in [2.05, 4.69) is 20.8 Å². The molecule has 0 aliphatic heterocycles. The molecule has 0 unspecified atom stereocenters. The van der Waals surface area contributed by atoms with Crippen LogP contribution in [0.4, 0.5) is 10.8 Å². The number of anilines is 2. The minimum absolute atomic E-state index is 0.165. The van der Waals surface area contributed by atoms with E-state index in [1.807, 2.05) is 48.5 Å². The highest BCUT2D eigenvalue weighted by Crippen LogP contribution is 2.27. The summed E-state index contributed by atoms with van der Waals surface area (Å²) in [5.41, 5.74) is 2.20. The summed E-state index contributed by atoms with van der Waals surface area (Å²) < 4.78 is 5.61. The molecule has 0 fully saturated rings. The summed E-state index contributed by atoms with van der Waals surface area (Å²) >= 11 is 1.27. The van der Waals surface area contributed by atoms with Gasteiger partial charge in [0.1, 0.15) is 10.6 Å². The minimum Gasteiger partial charge on any atom is -0.451 e. The zero-order valence-corrected chi connectivity index (χ0v) is 17.4. The lowest BCUT2D eigenvalue weighted by Gasteiger charge is -2.09. The number of benzene rings is 3. The second-order valence-electron chi connectivity index (χ2n) is 6.88. The van der Waals surface area contributed by atoms with Gasteiger partial charge >= 0.3 is 0 Å². The van der Waals surface area contributed by atoms with Crippen LogP contribution >= 0.6 is 11.3 Å². The van der Waals surface area contributed by atoms with Crippen LogP contribution in [0.25, 0.3) is 21.5 Å². The molecule has 0 bridgehead atoms. The smallest absolute Gasteiger partial charge is 0.291 e. The van der Waals surface area contributed by atoms with Crippen molar-refractivity contribution in [2.24, 2.45) is 0 Å². The van der Waals surface area contributed by atoms with Crippen LogP contribution in [0.2, 0.25) is 0 Å². The van der Waals surface area contributed by atoms with Gasteiger partial charge in [0.2, 0.25) is 5.13 Å². The lowest BCUT2D eigenvalue weighted by atomic mass is 10.1. The average molecular weight is 440 g/mol. The first kappa shape index (κ1) is 19.7. The predicted molar refractivity (Wildman–Crippen MR) is 124 cm³/mol. The number of hydrogen-bond donors (Lipinski definition) is 2. The van der Waals surface area contributed by atoms with E-state index < -0.39 is 11.8 Å². The molecule has 0 radical (unpaired) electrons. The summed E-state index contributed by atoms with van der Waals surface area (Å²) in [6, 6.07) is 25.4. The van der Waals surface area contributed by atoms with Gasteiger partial charge in [0, 0.05) is 10.9 Å². The fourth-order valence-electron chi connectivity index (χ4n) is 3.20. The van der Waals surface area contributed by atoms with E-state index in [4.69, 9.17) is 4.42 Å². The van der Waals surface area contributed by atoms with Crippen LogP contribution in [0.3, 0.4) is 0 Å². The Morgan fingerprint density at radius 1 is 0.781 bits per heavy atom. The van der Waals surface area contributed by atoms with Crippen molar-refractivity contribution in [3.63, 3.8) is 0 Å². The van der Waals surface area contributed by atoms with Gasteiger partial charge in [-0.25, -0.2) is 0 Å². The van der Waals surface area contributed by atoms with Crippen LogP contribution in [0.1, 0.15) is 20.9 Å². The van der Waals surface area contributed by atoms with Crippen LogP contribution in [0.5, 0.6) is 0 Å². The Bertz CT molecular complexity index is 1390. The Labute approximate surface area is 186 Å². The van der Waals surface area contributed by atoms with E-state index >= 15 is 0 Å². The third kappa shape index (κ3) is 3.99. The van der Waals surface area contributed by atoms with Crippen LogP contribution in [0, 0.1) is 0 Å². The predicted octanol–water partition coefficient (Wildman–Crippen LogP) is 5.46. The second-order valence-corrected chi connectivity index (χ2v) is 7.86. The van der Waals surface area contributed by atoms with Crippen LogP contribution in [0.15, 0.2) is 89.3 Å². The Morgan fingerprint density at radius 3 is 2.38 bits per heavy atom. The molecule has 32 heavy (non-hydrogen) atoms. The van der Waals surface area contributed by atoms with Gasteiger partial charge in [-0.05, 0) is 24.3 Å². The van der Waals surface area contributed by atoms with Crippen LogP contribution < -0.4 is 10.6 Å². The largest absolute Gasteiger partial charge is 0.451 e. The number of amides is 2. The maximum Gasteiger partial charge on any atom is 0.291 e. The quantitative estimate of drug-likeness (QED) is 0.378. The standard InChI is InChI=1S/C24H16N4O3S/c29-21(26-24-28-27-23(32-24)15-8-2-1-3-9-15)17-11-5-6-12-18(17)25-22(30)20-14-16-10-4-7-13-19(16)31-20/h1-14H,(H,25,30)(H,26,28,29). The third-order valence-electron chi connectivity index (χ3n) is 4.74. The zero-order valence-electron chi connectivity index (χ0n) is 16.6. The maximum atomic E-state index is 12.9. The number of fused-ring (bicyclic) bond motifs is 1. The molecule has 0 spiro atoms. The van der Waals surface area contributed by atoms with Gasteiger partial charge in [0.15, 0.2) is 5.76 Å². The number of nitrogens with one attached hydrogen (secondary N) is 2. The van der Waals surface area contributed by atoms with Gasteiger partial charge in [-0.3, -0.25) is 14.9 Å². The molecular formula is C24H16N4O3S. The molecule has 0 aliphatic rings. The Morgan fingerprint density at radius 2 is 1.53 bits per heavy atom. The summed E-state index contributed by atoms with van der Waals surface area (Å²) in [5, 5.41) is 15.6. The van der Waals surface area contributed by atoms with Gasteiger partial charge in [0.25, 0.3) is 11.8 Å². The number of hydrogen-bond acceptors (Lipinski definition) is 6. The molecule has 0 aliphatic carbocycles. The molecule has 8 heteroatoms. The fraction of sp³-hybridized carbons (Fsp3) is 0. The van der Waals surface area contributed by atoms with Crippen molar-refractivity contribution in [3.05, 3.63) is 96.3 Å². The van der Waals surface area contributed by atoms with Crippen molar-refractivity contribution >= 4 is 44.9 Å². The molecule has 2 amide bonds. The lowest BCUT2D eigenvalue weighted by molar-refractivity contribution is 0.0998. The molecular weight excluding hydrogens is 424 g/mol. The summed E-state index contributed by atoms with van der Waals surface area (Å²) in [5.74, 6) is -0.678. The Hall–Kier alpha value is -4.30. The minimum atomic E-state index is -0.441. The van der Waals surface area contributed by atoms with Crippen molar-refractivity contribution in [1.82, 2.24) is 10.2 Å². The topological polar surface area (TPSA) is 97.1 Å². The number of nitrogens with zero attached hydrogens (tertiary/aromatic N) is 2. The molecule has 2 heterocycles. The molecule has 5 rings (SSSR count). The van der Waals surface area contributed by atoms with Crippen molar-refractivity contribution in [3.8, 4) is 10.6 Å². The number of aromatic nitrogens is 2. The molecule has 7 nitrogen and oxygen atoms in total. The lowest BCUT2D eigenvalue weighted by Crippen LogP contribution is -2.17. The van der Waals surface area contributed by atoms with E-state index in [1.165, 1.54) is 11.3 Å². The van der Waals surface area contributed by atoms with Crippen molar-refractivity contribution < 1.29 is 14.0 Å². The van der Waals surface area contributed by atoms with Crippen LogP contribution in [-0.2, 0) is 0 Å². The highest BCUT2D eigenvalue weighted by Gasteiger charge is 2.18. The molecule has 0 saturated heterocycles. The monoisotopic (exact) mass is 440 g/mol. The second kappa shape index (κ2) is 8.44. The summed E-state index contributed by atoms with van der Waals surface area (Å²) in [6.45, 7) is 0. The van der Waals surface area contributed by atoms with E-state index in [0.29, 0.717) is 27.0 Å². The Balaban J connectivity index is 1.34. The molecule has 2 N–H and O–H groups in total. The first-order valence-electron chi connectivity index (χ1n) is 9.76. The summed E-state index contributed by atoms with van der Waals surface area (Å²) in [4.78, 5) is 25.6. The maximum absolute atomic E-state index is 12.9. The molecule has 2 aromatic heterocycles. The van der Waals surface area contributed by atoms with E-state index in [9.17, 15) is 9.59 Å². The van der Waals surface area contributed by atoms with Gasteiger partial charge < -0.3 is 9.73 Å². The fourth-order valence-corrected chi connectivity index (χ4v) is 3.95. The van der Waals surface area contributed by atoms with Gasteiger partial charge in [0.05, 0.1) is 11.3 Å². The first-order valence-corrected chi connectivity index (χ1v) is 10.6. The average Bonchev–Trinajstić information content (AvgIpc) is 3.47. The van der Waals surface area contributed by atoms with Gasteiger partial charge in [-0.1, -0.05) is 72.0 Å². The van der Waals surface area contributed by atoms with Crippen molar-refractivity contribution in [2.75, 3.05) is 10.6 Å². The zero-order chi connectivity index (χ0) is 21.9. The van der Waals surface area contributed by atoms with Crippen molar-refractivity contribution in [1.29, 1.82) is 0 Å². The van der Waals surface area contributed by atoms with Crippen LogP contribution in [-0.4, -0.2) is 22.0 Å². The van der Waals surface area contributed by atoms with E-state index in [1.54, 1.807) is 36.4 Å². The Kier molecular flexibility index (Phi) is 5.19. The first-order chi connectivity index (χ1) is 15.7. The number of carbonyl (C=O) groups is 2. The number of carbonyl (C=O) groups excluding carboxylic acids is 2. The molecule has 156 valence electrons. The summed E-state index contributed by atoms with van der Waals surface area (Å²) in [7, 11) is 0. The number of furan rings is 1. The summed E-state index contributed by atoms with van der Waals surface area (Å²) in [6.07, 6.45) is 0. The van der Waals surface area contributed by atoms with Crippen molar-refractivity contribution in [2.45, 2.75) is 0 Å². The highest BCUT2D eigenvalue weighted by molar-refractivity contribution is 7.18. The highest BCUT2D eigenvalue weighted by atomic mass is 32.1. The normalized spacial score (nSPS) is 10.8. The SMILES string of the molecule is O=C(Nc1ccccc1C(=O)Nc1nnc(-c2ccccc2)s1)c1cc2ccccc2o1. The van der Waals surface area contributed by atoms with E-state index in [-0.39, 0.29) is 5.76 Å².